The number of carbonyl (C=O) groups is 4. The molecule has 0 saturated heterocycles. The Hall–Kier alpha value is -2.12. The summed E-state index contributed by atoms with van der Waals surface area (Å²) in [5, 5.41) is 0. The number of carbonyl (C=O) groups excluding carboxylic acids is 4. The van der Waals surface area contributed by atoms with Gasteiger partial charge in [-0.15, -0.1) is 0 Å². The summed E-state index contributed by atoms with van der Waals surface area (Å²) in [7, 11) is 0. The Morgan fingerprint density at radius 2 is 0.917 bits per heavy atom. The van der Waals surface area contributed by atoms with Gasteiger partial charge in [-0.3, -0.25) is 14.4 Å². The standard InChI is InChI=1S/C28H50O8/c1-5-9-13-14-15-16-17-18-24(29)36-28(27(32)35-21-12-8-4,22-25(30)33-19-10-6-2)23-26(31)34-20-11-7-3/h5-23H2,1-4H3. The number of hydrogen-bond acceptors (Lipinski definition) is 8. The number of hydrogen-bond donors (Lipinski definition) is 0. The maximum Gasteiger partial charge on any atom is 0.351 e. The second-order valence-electron chi connectivity index (χ2n) is 9.33. The average Bonchev–Trinajstić information content (AvgIpc) is 2.83. The molecule has 0 aromatic rings. The van der Waals surface area contributed by atoms with Crippen LogP contribution in [0.4, 0.5) is 0 Å². The lowest BCUT2D eigenvalue weighted by Crippen LogP contribution is -2.48. The van der Waals surface area contributed by atoms with E-state index in [0.717, 1.165) is 38.5 Å². The van der Waals surface area contributed by atoms with Crippen LogP contribution in [-0.4, -0.2) is 49.3 Å². The summed E-state index contributed by atoms with van der Waals surface area (Å²) in [5.74, 6) is -3.00. The summed E-state index contributed by atoms with van der Waals surface area (Å²) < 4.78 is 21.4. The molecular formula is C28H50O8. The molecule has 0 aliphatic heterocycles. The molecule has 0 bridgehead atoms. The van der Waals surface area contributed by atoms with E-state index in [0.29, 0.717) is 25.7 Å². The van der Waals surface area contributed by atoms with Crippen molar-refractivity contribution in [1.29, 1.82) is 0 Å². The first-order valence-electron chi connectivity index (χ1n) is 14.0. The van der Waals surface area contributed by atoms with Gasteiger partial charge in [0.05, 0.1) is 32.7 Å². The third kappa shape index (κ3) is 16.5. The van der Waals surface area contributed by atoms with Gasteiger partial charge in [-0.1, -0.05) is 85.5 Å². The summed E-state index contributed by atoms with van der Waals surface area (Å²) in [6, 6.07) is 0. The van der Waals surface area contributed by atoms with Crippen molar-refractivity contribution in [2.75, 3.05) is 19.8 Å². The van der Waals surface area contributed by atoms with Crippen LogP contribution in [-0.2, 0) is 38.1 Å². The smallest absolute Gasteiger partial charge is 0.351 e. The topological polar surface area (TPSA) is 105 Å². The van der Waals surface area contributed by atoms with Crippen LogP contribution in [0.15, 0.2) is 0 Å². The van der Waals surface area contributed by atoms with E-state index >= 15 is 0 Å². The molecule has 0 aromatic heterocycles. The summed E-state index contributed by atoms with van der Waals surface area (Å²) in [4.78, 5) is 51.2. The Morgan fingerprint density at radius 1 is 0.500 bits per heavy atom. The molecule has 36 heavy (non-hydrogen) atoms. The lowest BCUT2D eigenvalue weighted by Gasteiger charge is -2.30. The third-order valence-corrected chi connectivity index (χ3v) is 5.78. The Balaban J connectivity index is 5.47. The number of rotatable bonds is 23. The summed E-state index contributed by atoms with van der Waals surface area (Å²) in [5.41, 5.74) is -2.10. The average molecular weight is 515 g/mol. The van der Waals surface area contributed by atoms with Crippen LogP contribution in [0.25, 0.3) is 0 Å². The fourth-order valence-electron chi connectivity index (χ4n) is 3.49. The SMILES string of the molecule is CCCCCCCCCC(=O)OC(CC(=O)OCCCC)(CC(=O)OCCCC)C(=O)OCCCC. The maximum absolute atomic E-state index is 13.2. The number of unbranched alkanes of at least 4 members (excludes halogenated alkanes) is 9. The van der Waals surface area contributed by atoms with Crippen LogP contribution in [0, 0.1) is 0 Å². The molecule has 0 saturated carbocycles. The second-order valence-corrected chi connectivity index (χ2v) is 9.33. The van der Waals surface area contributed by atoms with Crippen LogP contribution in [0.1, 0.15) is 130 Å². The fraction of sp³-hybridized carbons (Fsp3) is 0.857. The molecule has 0 aromatic carbocycles. The van der Waals surface area contributed by atoms with Gasteiger partial charge in [0.25, 0.3) is 0 Å². The van der Waals surface area contributed by atoms with Gasteiger partial charge >= 0.3 is 23.9 Å². The van der Waals surface area contributed by atoms with Gasteiger partial charge in [-0.2, -0.15) is 0 Å². The first-order valence-corrected chi connectivity index (χ1v) is 14.0. The van der Waals surface area contributed by atoms with E-state index in [4.69, 9.17) is 18.9 Å². The fourth-order valence-corrected chi connectivity index (χ4v) is 3.49. The monoisotopic (exact) mass is 514 g/mol. The van der Waals surface area contributed by atoms with Crippen LogP contribution in [0.5, 0.6) is 0 Å². The highest BCUT2D eigenvalue weighted by Gasteiger charge is 2.49. The minimum absolute atomic E-state index is 0.0908. The zero-order valence-electron chi connectivity index (χ0n) is 23.2. The highest BCUT2D eigenvalue weighted by molar-refractivity contribution is 5.92. The van der Waals surface area contributed by atoms with E-state index < -0.39 is 42.3 Å². The summed E-state index contributed by atoms with van der Waals surface area (Å²) >= 11 is 0. The molecule has 0 atom stereocenters. The summed E-state index contributed by atoms with van der Waals surface area (Å²) in [6.45, 7) is 8.49. The molecule has 0 rings (SSSR count). The van der Waals surface area contributed by atoms with Gasteiger partial charge in [0, 0.05) is 6.42 Å². The second kappa shape index (κ2) is 22.1. The molecule has 8 nitrogen and oxygen atoms in total. The Morgan fingerprint density at radius 3 is 1.39 bits per heavy atom. The largest absolute Gasteiger partial charge is 0.466 e. The van der Waals surface area contributed by atoms with E-state index in [2.05, 4.69) is 6.92 Å². The molecule has 0 amide bonds. The Bertz CT molecular complexity index is 593. The maximum atomic E-state index is 13.2. The molecule has 8 heteroatoms. The van der Waals surface area contributed by atoms with Crippen molar-refractivity contribution in [1.82, 2.24) is 0 Å². The number of ether oxygens (including phenoxy) is 4. The molecule has 210 valence electrons. The van der Waals surface area contributed by atoms with E-state index in [1.54, 1.807) is 0 Å². The van der Waals surface area contributed by atoms with E-state index in [-0.39, 0.29) is 26.2 Å². The van der Waals surface area contributed by atoms with E-state index in [1.807, 2.05) is 20.8 Å². The van der Waals surface area contributed by atoms with Crippen molar-refractivity contribution in [3.05, 3.63) is 0 Å². The third-order valence-electron chi connectivity index (χ3n) is 5.78. The van der Waals surface area contributed by atoms with Gasteiger partial charge in [0.1, 0.15) is 0 Å². The first-order chi connectivity index (χ1) is 17.3. The Kier molecular flexibility index (Phi) is 20.8. The minimum Gasteiger partial charge on any atom is -0.466 e. The highest BCUT2D eigenvalue weighted by atomic mass is 16.6. The van der Waals surface area contributed by atoms with Crippen molar-refractivity contribution in [3.8, 4) is 0 Å². The van der Waals surface area contributed by atoms with Gasteiger partial charge in [0.15, 0.2) is 0 Å². The van der Waals surface area contributed by atoms with Crippen molar-refractivity contribution in [2.45, 2.75) is 136 Å². The first kappa shape index (κ1) is 33.9. The molecule has 0 radical (unpaired) electrons. The summed E-state index contributed by atoms with van der Waals surface area (Å²) in [6.07, 6.45) is 10.4. The molecule has 0 unspecified atom stereocenters. The predicted octanol–water partition coefficient (Wildman–Crippen LogP) is 6.22. The van der Waals surface area contributed by atoms with Gasteiger partial charge < -0.3 is 18.9 Å². The predicted molar refractivity (Wildman–Crippen MR) is 138 cm³/mol. The molecule has 0 N–H and O–H groups in total. The lowest BCUT2D eigenvalue weighted by atomic mass is 9.94. The van der Waals surface area contributed by atoms with Crippen LogP contribution in [0.3, 0.4) is 0 Å². The molecule has 0 aliphatic rings. The molecule has 0 aliphatic carbocycles. The molecule has 0 spiro atoms. The molecule has 0 heterocycles. The van der Waals surface area contributed by atoms with Crippen molar-refractivity contribution < 1.29 is 38.1 Å². The van der Waals surface area contributed by atoms with E-state index in [9.17, 15) is 19.2 Å². The van der Waals surface area contributed by atoms with Crippen LogP contribution >= 0.6 is 0 Å². The van der Waals surface area contributed by atoms with Crippen molar-refractivity contribution >= 4 is 23.9 Å². The quantitative estimate of drug-likeness (QED) is 0.0899. The highest BCUT2D eigenvalue weighted by Crippen LogP contribution is 2.27. The number of esters is 4. The molecule has 0 fully saturated rings. The van der Waals surface area contributed by atoms with Gasteiger partial charge in [0.2, 0.25) is 5.60 Å². The zero-order valence-corrected chi connectivity index (χ0v) is 23.2. The van der Waals surface area contributed by atoms with Crippen LogP contribution < -0.4 is 0 Å². The van der Waals surface area contributed by atoms with Crippen molar-refractivity contribution in [3.63, 3.8) is 0 Å². The van der Waals surface area contributed by atoms with Gasteiger partial charge in [-0.25, -0.2) is 4.79 Å². The minimum atomic E-state index is -2.10. The molecular weight excluding hydrogens is 464 g/mol. The van der Waals surface area contributed by atoms with Gasteiger partial charge in [-0.05, 0) is 25.7 Å². The van der Waals surface area contributed by atoms with E-state index in [1.165, 1.54) is 19.3 Å². The normalized spacial score (nSPS) is 11.1. The zero-order chi connectivity index (χ0) is 27.1. The lowest BCUT2D eigenvalue weighted by molar-refractivity contribution is -0.191. The van der Waals surface area contributed by atoms with Crippen LogP contribution in [0.2, 0.25) is 0 Å². The van der Waals surface area contributed by atoms with Crippen molar-refractivity contribution in [2.24, 2.45) is 0 Å². The Labute approximate surface area is 218 Å².